The third-order valence-corrected chi connectivity index (χ3v) is 5.33. The Balaban J connectivity index is 2.04. The maximum absolute atomic E-state index is 6.30. The second-order valence-electron chi connectivity index (χ2n) is 6.66. The topological polar surface area (TPSA) is 36.9 Å². The second kappa shape index (κ2) is 8.43. The molecule has 0 aromatic carbocycles. The zero-order valence-electron chi connectivity index (χ0n) is 14.8. The molecule has 1 spiro atoms. The van der Waals surface area contributed by atoms with Crippen LogP contribution in [0, 0.1) is 5.92 Å². The maximum Gasteiger partial charge on any atom is 0.286 e. The molecule has 2 aliphatic heterocycles. The summed E-state index contributed by atoms with van der Waals surface area (Å²) in [7, 11) is 1.75. The van der Waals surface area contributed by atoms with Gasteiger partial charge in [0, 0.05) is 19.4 Å². The van der Waals surface area contributed by atoms with E-state index in [1.807, 2.05) is 24.0 Å². The third-order valence-electron chi connectivity index (χ3n) is 4.92. The van der Waals surface area contributed by atoms with Crippen LogP contribution in [0.3, 0.4) is 0 Å². The Kier molecular flexibility index (Phi) is 7.10. The Bertz CT molecular complexity index is 438. The molecule has 2 rings (SSSR count). The quantitative estimate of drug-likeness (QED) is 0.467. The standard InChI is InChI=1S/C18H29IO4/c1-12(7-6-10-19)17(20-5)11-16-9-8-13(2)18(23-16)21-14(3)15(4)22-18/h6-7,10,13-17H,8-9,11H2,1-5H3/b10-6+,12-7+/t13-,14-,15-,16+,17+/m1/s1. The summed E-state index contributed by atoms with van der Waals surface area (Å²) in [6.45, 7) is 8.32. The summed E-state index contributed by atoms with van der Waals surface area (Å²) in [4.78, 5) is 0. The molecular weight excluding hydrogens is 407 g/mol. The molecule has 0 saturated carbocycles. The van der Waals surface area contributed by atoms with Crippen molar-refractivity contribution in [3.63, 3.8) is 0 Å². The third kappa shape index (κ3) is 4.57. The van der Waals surface area contributed by atoms with Gasteiger partial charge in [-0.2, -0.15) is 0 Å². The van der Waals surface area contributed by atoms with Gasteiger partial charge in [-0.15, -0.1) is 0 Å². The minimum atomic E-state index is -0.875. The summed E-state index contributed by atoms with van der Waals surface area (Å²) in [6, 6.07) is 0. The van der Waals surface area contributed by atoms with Crippen molar-refractivity contribution in [1.29, 1.82) is 0 Å². The predicted molar refractivity (Wildman–Crippen MR) is 99.4 cm³/mol. The molecule has 4 nitrogen and oxygen atoms in total. The average molecular weight is 436 g/mol. The largest absolute Gasteiger partial charge is 0.377 e. The fourth-order valence-electron chi connectivity index (χ4n) is 3.21. The van der Waals surface area contributed by atoms with Crippen molar-refractivity contribution in [3.05, 3.63) is 21.8 Å². The van der Waals surface area contributed by atoms with Gasteiger partial charge in [-0.1, -0.05) is 41.7 Å². The first-order valence-corrected chi connectivity index (χ1v) is 9.66. The monoisotopic (exact) mass is 436 g/mol. The van der Waals surface area contributed by atoms with Gasteiger partial charge in [0.2, 0.25) is 0 Å². The van der Waals surface area contributed by atoms with E-state index in [9.17, 15) is 0 Å². The number of ether oxygens (including phenoxy) is 4. The highest BCUT2D eigenvalue weighted by molar-refractivity contribution is 14.1. The van der Waals surface area contributed by atoms with E-state index >= 15 is 0 Å². The molecule has 132 valence electrons. The summed E-state index contributed by atoms with van der Waals surface area (Å²) in [5.74, 6) is -0.634. The summed E-state index contributed by atoms with van der Waals surface area (Å²) in [5.41, 5.74) is 1.20. The molecule has 5 atom stereocenters. The van der Waals surface area contributed by atoms with Crippen molar-refractivity contribution in [2.45, 2.75) is 77.3 Å². The molecule has 2 heterocycles. The molecule has 0 radical (unpaired) electrons. The van der Waals surface area contributed by atoms with Crippen molar-refractivity contribution in [1.82, 2.24) is 0 Å². The molecule has 0 aromatic rings. The van der Waals surface area contributed by atoms with Crippen LogP contribution in [0.1, 0.15) is 47.0 Å². The first-order chi connectivity index (χ1) is 10.9. The van der Waals surface area contributed by atoms with Gasteiger partial charge in [-0.25, -0.2) is 0 Å². The second-order valence-corrected chi connectivity index (χ2v) is 7.38. The Morgan fingerprint density at radius 1 is 1.22 bits per heavy atom. The van der Waals surface area contributed by atoms with Crippen LogP contribution in [0.4, 0.5) is 0 Å². The fourth-order valence-corrected chi connectivity index (χ4v) is 3.42. The van der Waals surface area contributed by atoms with Gasteiger partial charge >= 0.3 is 0 Å². The molecule has 2 aliphatic rings. The van der Waals surface area contributed by atoms with Crippen molar-refractivity contribution >= 4 is 22.6 Å². The van der Waals surface area contributed by atoms with Crippen LogP contribution in [0.15, 0.2) is 21.8 Å². The van der Waals surface area contributed by atoms with E-state index < -0.39 is 5.97 Å². The Morgan fingerprint density at radius 2 is 1.87 bits per heavy atom. The van der Waals surface area contributed by atoms with Crippen LogP contribution in [-0.2, 0) is 18.9 Å². The summed E-state index contributed by atoms with van der Waals surface area (Å²) >= 11 is 2.22. The zero-order valence-corrected chi connectivity index (χ0v) is 16.9. The summed E-state index contributed by atoms with van der Waals surface area (Å²) < 4.78 is 26.1. The predicted octanol–water partition coefficient (Wildman–Crippen LogP) is 4.58. The fraction of sp³-hybridized carbons (Fsp3) is 0.778. The lowest BCUT2D eigenvalue weighted by Gasteiger charge is -2.42. The van der Waals surface area contributed by atoms with E-state index in [1.54, 1.807) is 7.11 Å². The number of methoxy groups -OCH3 is 1. The van der Waals surface area contributed by atoms with Crippen LogP contribution < -0.4 is 0 Å². The van der Waals surface area contributed by atoms with Crippen molar-refractivity contribution in [2.24, 2.45) is 5.92 Å². The molecule has 23 heavy (non-hydrogen) atoms. The van der Waals surface area contributed by atoms with Crippen LogP contribution in [0.5, 0.6) is 0 Å². The first kappa shape index (κ1) is 19.4. The van der Waals surface area contributed by atoms with E-state index in [2.05, 4.69) is 42.5 Å². The molecule has 0 amide bonds. The highest BCUT2D eigenvalue weighted by atomic mass is 127. The van der Waals surface area contributed by atoms with Gasteiger partial charge in [-0.05, 0) is 43.3 Å². The van der Waals surface area contributed by atoms with Gasteiger partial charge in [0.15, 0.2) is 0 Å². The molecule has 0 bridgehead atoms. The lowest BCUT2D eigenvalue weighted by Crippen LogP contribution is -2.49. The molecule has 0 N–H and O–H groups in total. The molecule has 0 aliphatic carbocycles. The molecule has 5 heteroatoms. The normalized spacial score (nSPS) is 36.0. The van der Waals surface area contributed by atoms with E-state index in [0.29, 0.717) is 0 Å². The average Bonchev–Trinajstić information content (AvgIpc) is 2.81. The number of hydrogen-bond acceptors (Lipinski definition) is 4. The Labute approximate surface area is 153 Å². The highest BCUT2D eigenvalue weighted by Crippen LogP contribution is 2.43. The van der Waals surface area contributed by atoms with Gasteiger partial charge in [-0.3, -0.25) is 0 Å². The first-order valence-electron chi connectivity index (χ1n) is 8.41. The van der Waals surface area contributed by atoms with Crippen LogP contribution in [0.2, 0.25) is 0 Å². The molecule has 2 fully saturated rings. The van der Waals surface area contributed by atoms with E-state index in [4.69, 9.17) is 18.9 Å². The number of hydrogen-bond donors (Lipinski definition) is 0. The minimum Gasteiger partial charge on any atom is -0.377 e. The Morgan fingerprint density at radius 3 is 2.43 bits per heavy atom. The maximum atomic E-state index is 6.30. The summed E-state index contributed by atoms with van der Waals surface area (Å²) in [5, 5.41) is 0. The van der Waals surface area contributed by atoms with Crippen LogP contribution >= 0.6 is 22.6 Å². The van der Waals surface area contributed by atoms with Crippen LogP contribution in [-0.4, -0.2) is 37.5 Å². The summed E-state index contributed by atoms with van der Waals surface area (Å²) in [6.07, 6.45) is 7.24. The molecule has 2 saturated heterocycles. The molecule has 0 unspecified atom stereocenters. The number of allylic oxidation sites excluding steroid dienone is 2. The zero-order chi connectivity index (χ0) is 17.0. The number of rotatable bonds is 5. The van der Waals surface area contributed by atoms with Crippen LogP contribution in [0.25, 0.3) is 0 Å². The molecular formula is C18H29IO4. The van der Waals surface area contributed by atoms with Gasteiger partial charge < -0.3 is 18.9 Å². The smallest absolute Gasteiger partial charge is 0.286 e. The minimum absolute atomic E-state index is 0.0503. The van der Waals surface area contributed by atoms with Crippen molar-refractivity contribution < 1.29 is 18.9 Å². The highest BCUT2D eigenvalue weighted by Gasteiger charge is 2.53. The number of halogens is 1. The molecule has 0 aromatic heterocycles. The van der Waals surface area contributed by atoms with E-state index in [1.165, 1.54) is 5.57 Å². The van der Waals surface area contributed by atoms with Gasteiger partial charge in [0.05, 0.1) is 24.4 Å². The SMILES string of the molecule is CO[C@@H](C[C@@H]1CC[C@@H](C)C2(O1)O[C@H](C)[C@@H](C)O2)/C(C)=C/C=C/I. The van der Waals surface area contributed by atoms with Gasteiger partial charge in [0.1, 0.15) is 0 Å². The van der Waals surface area contributed by atoms with E-state index in [0.717, 1.165) is 19.3 Å². The van der Waals surface area contributed by atoms with E-state index in [-0.39, 0.29) is 30.3 Å². The van der Waals surface area contributed by atoms with Gasteiger partial charge in [0.25, 0.3) is 5.97 Å². The Hall–Kier alpha value is 0.0500. The lowest BCUT2D eigenvalue weighted by atomic mass is 9.92. The van der Waals surface area contributed by atoms with Crippen molar-refractivity contribution in [2.75, 3.05) is 7.11 Å². The van der Waals surface area contributed by atoms with Crippen molar-refractivity contribution in [3.8, 4) is 0 Å². The lowest BCUT2D eigenvalue weighted by molar-refractivity contribution is -0.396.